The number of pyridine rings is 2. The van der Waals surface area contributed by atoms with Crippen molar-refractivity contribution in [3.05, 3.63) is 103 Å². The first kappa shape index (κ1) is 47.9. The summed E-state index contributed by atoms with van der Waals surface area (Å²) in [6.45, 7) is 8.85. The average Bonchev–Trinajstić information content (AvgIpc) is 4.04. The van der Waals surface area contributed by atoms with Crippen molar-refractivity contribution in [1.82, 2.24) is 49.1 Å². The molecule has 62 heavy (non-hydrogen) atoms. The predicted octanol–water partition coefficient (Wildman–Crippen LogP) is 10.6. The quantitative estimate of drug-likeness (QED) is 0.123. The highest BCUT2D eigenvalue weighted by molar-refractivity contribution is 7.90. The predicted molar refractivity (Wildman–Crippen MR) is 256 cm³/mol. The number of nitrogens with one attached hydrogen (secondary N) is 3. The summed E-state index contributed by atoms with van der Waals surface area (Å²) in [4.78, 5) is 12.9. The van der Waals surface area contributed by atoms with Crippen molar-refractivity contribution in [2.45, 2.75) is 142 Å². The number of aromatic amines is 1. The lowest BCUT2D eigenvalue weighted by Crippen LogP contribution is -2.37. The van der Waals surface area contributed by atoms with Crippen molar-refractivity contribution in [3.63, 3.8) is 0 Å². The van der Waals surface area contributed by atoms with Gasteiger partial charge in [-0.05, 0) is 98.6 Å². The zero-order chi connectivity index (χ0) is 41.3. The number of aryl methyl sites for hydroxylation is 2. The highest BCUT2D eigenvalue weighted by Gasteiger charge is 2.27. The van der Waals surface area contributed by atoms with E-state index in [-0.39, 0.29) is 27.2 Å². The van der Waals surface area contributed by atoms with Gasteiger partial charge in [0.15, 0.2) is 5.65 Å². The molecule has 334 valence electrons. The Balaban J connectivity index is 0.000000233. The Kier molecular flexibility index (Phi) is 15.8. The minimum Gasteiger partial charge on any atom is -0.346 e. The molecule has 9 rings (SSSR count). The van der Waals surface area contributed by atoms with Gasteiger partial charge in [0, 0.05) is 108 Å². The molecule has 2 aliphatic rings. The minimum absolute atomic E-state index is 0. The molecule has 2 fully saturated rings. The molecule has 0 atom stereocenters. The van der Waals surface area contributed by atoms with Crippen LogP contribution in [0.4, 0.5) is 0 Å². The molecule has 0 aliphatic heterocycles. The van der Waals surface area contributed by atoms with Crippen LogP contribution in [0.2, 0.25) is 0 Å². The molecule has 6 aromatic heterocycles. The van der Waals surface area contributed by atoms with E-state index in [2.05, 4.69) is 83.0 Å². The molecule has 0 spiro atoms. The summed E-state index contributed by atoms with van der Waals surface area (Å²) >= 11 is 0. The van der Waals surface area contributed by atoms with E-state index >= 15 is 0 Å². The summed E-state index contributed by atoms with van der Waals surface area (Å²) in [5.41, 5.74) is 7.98. The van der Waals surface area contributed by atoms with Crippen LogP contribution in [0.1, 0.15) is 124 Å². The Labute approximate surface area is 370 Å². The number of aromatic nitrogens is 8. The van der Waals surface area contributed by atoms with Crippen molar-refractivity contribution in [2.24, 2.45) is 14.1 Å². The van der Waals surface area contributed by atoms with Crippen LogP contribution < -0.4 is 10.6 Å². The zero-order valence-corrected chi connectivity index (χ0v) is 36.0. The highest BCUT2D eigenvalue weighted by Crippen LogP contribution is 2.39. The molecule has 6 heterocycles. The van der Waals surface area contributed by atoms with Gasteiger partial charge < -0.3 is 15.6 Å². The van der Waals surface area contributed by atoms with Crippen LogP contribution in [0.15, 0.2) is 96.9 Å². The molecule has 0 saturated heterocycles. The zero-order valence-electron chi connectivity index (χ0n) is 35.1. The van der Waals surface area contributed by atoms with Crippen molar-refractivity contribution in [2.75, 3.05) is 0 Å². The van der Waals surface area contributed by atoms with E-state index in [1.807, 2.05) is 49.6 Å². The van der Waals surface area contributed by atoms with Gasteiger partial charge >= 0.3 is 0 Å². The number of hydrogen-bond donors (Lipinski definition) is 3. The molecule has 0 unspecified atom stereocenters. The van der Waals surface area contributed by atoms with E-state index in [9.17, 15) is 8.42 Å². The maximum Gasteiger partial charge on any atom is 0.269 e. The van der Waals surface area contributed by atoms with Crippen molar-refractivity contribution in [3.8, 4) is 22.3 Å². The lowest BCUT2D eigenvalue weighted by molar-refractivity contribution is 0.326. The summed E-state index contributed by atoms with van der Waals surface area (Å²) in [6.07, 6.45) is 24.8. The van der Waals surface area contributed by atoms with E-state index in [1.165, 1.54) is 51.7 Å². The van der Waals surface area contributed by atoms with Gasteiger partial charge in [0.1, 0.15) is 5.65 Å². The van der Waals surface area contributed by atoms with Gasteiger partial charge in [-0.25, -0.2) is 22.4 Å². The van der Waals surface area contributed by atoms with Gasteiger partial charge in [0.25, 0.3) is 10.0 Å². The molecule has 0 bridgehead atoms. The second kappa shape index (κ2) is 20.4. The van der Waals surface area contributed by atoms with Crippen molar-refractivity contribution < 1.29 is 8.42 Å². The van der Waals surface area contributed by atoms with Crippen LogP contribution in [0.5, 0.6) is 0 Å². The van der Waals surface area contributed by atoms with Gasteiger partial charge in [-0.15, -0.1) is 0 Å². The minimum atomic E-state index is -3.78. The molecule has 12 nitrogen and oxygen atoms in total. The van der Waals surface area contributed by atoms with Gasteiger partial charge in [-0.3, -0.25) is 9.36 Å². The number of rotatable bonds is 10. The first-order valence-electron chi connectivity index (χ1n) is 21.2. The van der Waals surface area contributed by atoms with E-state index < -0.39 is 10.0 Å². The van der Waals surface area contributed by atoms with Crippen molar-refractivity contribution in [1.29, 1.82) is 0 Å². The summed E-state index contributed by atoms with van der Waals surface area (Å²) in [5.74, 6) is 1.05. The Morgan fingerprint density at radius 1 is 0.645 bits per heavy atom. The number of nitrogens with zero attached hydrogens (tertiary/aromatic N) is 7. The molecule has 0 amide bonds. The fraction of sp³-hybridized carbons (Fsp3) is 0.469. The third-order valence-electron chi connectivity index (χ3n) is 12.1. The topological polar surface area (TPSA) is 140 Å². The Bertz CT molecular complexity index is 2600. The summed E-state index contributed by atoms with van der Waals surface area (Å²) in [7, 11) is 0.0241. The molecule has 13 heteroatoms. The lowest BCUT2D eigenvalue weighted by Gasteiger charge is -2.30. The Morgan fingerprint density at radius 3 is 1.65 bits per heavy atom. The third-order valence-corrected chi connectivity index (χ3v) is 13.7. The number of H-pyrrole nitrogens is 1. The second-order valence-electron chi connectivity index (χ2n) is 17.2. The van der Waals surface area contributed by atoms with Crippen LogP contribution >= 0.6 is 0 Å². The first-order valence-corrected chi connectivity index (χ1v) is 22.7. The molecule has 0 radical (unpaired) electrons. The van der Waals surface area contributed by atoms with E-state index in [4.69, 9.17) is 4.98 Å². The monoisotopic (exact) mass is 863 g/mol. The Hall–Kier alpha value is -5.11. The maximum atomic E-state index is 13.5. The summed E-state index contributed by atoms with van der Waals surface area (Å²) in [6, 6.07) is 15.3. The van der Waals surface area contributed by atoms with E-state index in [0.717, 1.165) is 53.4 Å². The highest BCUT2D eigenvalue weighted by atomic mass is 32.2. The number of benzene rings is 1. The van der Waals surface area contributed by atoms with Crippen LogP contribution in [-0.2, 0) is 24.1 Å². The van der Waals surface area contributed by atoms with Crippen LogP contribution in [0.25, 0.3) is 44.3 Å². The molecular formula is C49H70N10O2S. The second-order valence-corrected chi connectivity index (χ2v) is 19.0. The molecule has 2 saturated carbocycles. The summed E-state index contributed by atoms with van der Waals surface area (Å²) in [5, 5.41) is 18.0. The fourth-order valence-corrected chi connectivity index (χ4v) is 10.5. The summed E-state index contributed by atoms with van der Waals surface area (Å²) < 4.78 is 31.9. The van der Waals surface area contributed by atoms with Crippen LogP contribution in [0.3, 0.4) is 0 Å². The van der Waals surface area contributed by atoms with Gasteiger partial charge in [-0.2, -0.15) is 10.2 Å². The smallest absolute Gasteiger partial charge is 0.269 e. The van der Waals surface area contributed by atoms with Gasteiger partial charge in [0.2, 0.25) is 0 Å². The van der Waals surface area contributed by atoms with Crippen LogP contribution in [-0.4, -0.2) is 71.1 Å². The average molecular weight is 863 g/mol. The third kappa shape index (κ3) is 10.4. The van der Waals surface area contributed by atoms with E-state index in [0.29, 0.717) is 41.7 Å². The first-order chi connectivity index (χ1) is 28.4. The maximum absolute atomic E-state index is 13.5. The Morgan fingerprint density at radius 2 is 1.15 bits per heavy atom. The molecular weight excluding hydrogens is 793 g/mol. The number of fused-ring (bicyclic) bond motifs is 2. The number of hydrogen-bond acceptors (Lipinski definition) is 8. The SMILES string of the molecule is C.C.C.CC(C)NC1CCC(c2cnc3[nH]cc(-c4cnn(C)c4)c3c2)CC1.CC(C)NC1CCC(c2cnc3c(c2)c(-c2cnn(C)c2)cn3S(=O)(=O)c2ccccc2)CC1. The van der Waals surface area contributed by atoms with E-state index in [1.54, 1.807) is 41.3 Å². The van der Waals surface area contributed by atoms with Gasteiger partial charge in [0.05, 0.1) is 17.3 Å². The largest absolute Gasteiger partial charge is 0.346 e. The molecule has 2 aliphatic carbocycles. The van der Waals surface area contributed by atoms with Crippen molar-refractivity contribution >= 4 is 32.1 Å². The molecule has 7 aromatic rings. The molecule has 1 aromatic carbocycles. The van der Waals surface area contributed by atoms with Gasteiger partial charge in [-0.1, -0.05) is 68.2 Å². The lowest BCUT2D eigenvalue weighted by atomic mass is 9.82. The fourth-order valence-electron chi connectivity index (χ4n) is 9.17. The molecule has 3 N–H and O–H groups in total. The normalized spacial score (nSPS) is 19.1. The standard InChI is InChI=1S/C26H31N5O2S.C20H27N5.3CH4/c1-18(2)29-22-11-9-19(10-12-22)20-13-24-25(21-15-28-30(3)16-21)17-31(26(24)27-14-20)34(32,33)23-7-5-4-6-8-23;1-13(2)24-17-6-4-14(5-7-17)15-8-18-19(11-22-20(18)21-9-15)16-10-23-25(3)12-16;;;/h4-8,13-19,22,29H,9-12H2,1-3H3;8-14,17,24H,4-7H2,1-3H3,(H,21,22);3*1H4. The van der Waals surface area contributed by atoms with Crippen LogP contribution in [0, 0.1) is 0 Å².